The molecule has 1 aromatic rings. The van der Waals surface area contributed by atoms with E-state index in [9.17, 15) is 4.79 Å². The number of ether oxygens (including phenoxy) is 1. The highest BCUT2D eigenvalue weighted by Crippen LogP contribution is 2.10. The predicted octanol–water partition coefficient (Wildman–Crippen LogP) is 0.994. The van der Waals surface area contributed by atoms with Gasteiger partial charge in [0.05, 0.1) is 26.0 Å². The fourth-order valence-corrected chi connectivity index (χ4v) is 3.11. The van der Waals surface area contributed by atoms with Crippen LogP contribution in [0.15, 0.2) is 27.8 Å². The summed E-state index contributed by atoms with van der Waals surface area (Å²) in [6.07, 6.45) is 5.45. The summed E-state index contributed by atoms with van der Waals surface area (Å²) in [5.41, 5.74) is 0. The first kappa shape index (κ1) is 22.2. The third kappa shape index (κ3) is 8.75. The largest absolute Gasteiger partial charge is 0.469 e. The van der Waals surface area contributed by atoms with Crippen LogP contribution in [-0.4, -0.2) is 75.8 Å². The molecule has 1 aliphatic rings. The molecule has 1 fully saturated rings. The van der Waals surface area contributed by atoms with Gasteiger partial charge in [0.25, 0.3) is 0 Å². The number of aliphatic imine (C=N–C) groups is 1. The maximum Gasteiger partial charge on any atom is 0.234 e. The summed E-state index contributed by atoms with van der Waals surface area (Å²) >= 11 is 0. The SMILES string of the molecule is CCCNC(=O)CN1CCC(NC(=NCCOC)NCCc2ccco2)CC1. The Balaban J connectivity index is 1.73. The van der Waals surface area contributed by atoms with Crippen molar-refractivity contribution in [3.8, 4) is 0 Å². The van der Waals surface area contributed by atoms with E-state index < -0.39 is 0 Å². The van der Waals surface area contributed by atoms with E-state index in [1.54, 1.807) is 13.4 Å². The number of rotatable bonds is 11. The topological polar surface area (TPSA) is 91.1 Å². The van der Waals surface area contributed by atoms with Crippen LogP contribution in [0.25, 0.3) is 0 Å². The Kier molecular flexibility index (Phi) is 10.5. The molecule has 8 heteroatoms. The summed E-state index contributed by atoms with van der Waals surface area (Å²) in [6.45, 7) is 7.09. The number of nitrogens with one attached hydrogen (secondary N) is 3. The molecule has 158 valence electrons. The van der Waals surface area contributed by atoms with Crippen LogP contribution in [0.4, 0.5) is 0 Å². The lowest BCUT2D eigenvalue weighted by Gasteiger charge is -2.32. The van der Waals surface area contributed by atoms with Gasteiger partial charge in [0.2, 0.25) is 5.91 Å². The Hall–Kier alpha value is -2.06. The lowest BCUT2D eigenvalue weighted by Crippen LogP contribution is -2.50. The minimum atomic E-state index is 0.120. The smallest absolute Gasteiger partial charge is 0.234 e. The molecule has 0 saturated carbocycles. The van der Waals surface area contributed by atoms with Gasteiger partial charge in [0.15, 0.2) is 5.96 Å². The van der Waals surface area contributed by atoms with Gasteiger partial charge >= 0.3 is 0 Å². The normalized spacial score (nSPS) is 16.1. The van der Waals surface area contributed by atoms with E-state index >= 15 is 0 Å². The van der Waals surface area contributed by atoms with Crippen LogP contribution >= 0.6 is 0 Å². The second-order valence-electron chi connectivity index (χ2n) is 7.02. The first-order valence-corrected chi connectivity index (χ1v) is 10.3. The van der Waals surface area contributed by atoms with Crippen LogP contribution in [0.1, 0.15) is 31.9 Å². The van der Waals surface area contributed by atoms with E-state index in [4.69, 9.17) is 9.15 Å². The van der Waals surface area contributed by atoms with Crippen molar-refractivity contribution >= 4 is 11.9 Å². The number of amides is 1. The Labute approximate surface area is 168 Å². The summed E-state index contributed by atoms with van der Waals surface area (Å²) in [6, 6.07) is 4.23. The van der Waals surface area contributed by atoms with E-state index in [1.807, 2.05) is 12.1 Å². The number of furan rings is 1. The molecule has 1 aromatic heterocycles. The van der Waals surface area contributed by atoms with Crippen molar-refractivity contribution in [2.75, 3.05) is 53.0 Å². The lowest BCUT2D eigenvalue weighted by atomic mass is 10.1. The third-order valence-corrected chi connectivity index (χ3v) is 4.68. The summed E-state index contributed by atoms with van der Waals surface area (Å²) in [5, 5.41) is 9.85. The van der Waals surface area contributed by atoms with Gasteiger partial charge < -0.3 is 25.1 Å². The monoisotopic (exact) mass is 393 g/mol. The summed E-state index contributed by atoms with van der Waals surface area (Å²) in [7, 11) is 1.68. The zero-order valence-electron chi connectivity index (χ0n) is 17.2. The van der Waals surface area contributed by atoms with Crippen molar-refractivity contribution in [2.24, 2.45) is 4.99 Å². The molecule has 0 bridgehead atoms. The first-order chi connectivity index (χ1) is 13.7. The molecule has 1 aliphatic heterocycles. The van der Waals surface area contributed by atoms with Gasteiger partial charge in [-0.2, -0.15) is 0 Å². The molecule has 0 unspecified atom stereocenters. The number of methoxy groups -OCH3 is 1. The summed E-state index contributed by atoms with van der Waals surface area (Å²) in [5.74, 6) is 1.89. The number of guanidine groups is 1. The number of carbonyl (C=O) groups is 1. The maximum atomic E-state index is 11.9. The second-order valence-corrected chi connectivity index (χ2v) is 7.02. The van der Waals surface area contributed by atoms with Crippen molar-refractivity contribution in [1.82, 2.24) is 20.9 Å². The number of hydrogen-bond donors (Lipinski definition) is 3. The fourth-order valence-electron chi connectivity index (χ4n) is 3.11. The molecular weight excluding hydrogens is 358 g/mol. The van der Waals surface area contributed by atoms with Crippen LogP contribution in [0.2, 0.25) is 0 Å². The highest BCUT2D eigenvalue weighted by atomic mass is 16.5. The van der Waals surface area contributed by atoms with E-state index in [2.05, 4.69) is 32.8 Å². The van der Waals surface area contributed by atoms with E-state index in [1.165, 1.54) is 0 Å². The average molecular weight is 394 g/mol. The number of piperidine rings is 1. The Morgan fingerprint density at radius 2 is 2.14 bits per heavy atom. The minimum Gasteiger partial charge on any atom is -0.469 e. The molecule has 1 amide bonds. The van der Waals surface area contributed by atoms with Gasteiger partial charge in [-0.25, -0.2) is 0 Å². The molecular formula is C20H35N5O3. The van der Waals surface area contributed by atoms with Crippen molar-refractivity contribution in [3.63, 3.8) is 0 Å². The molecule has 0 radical (unpaired) electrons. The van der Waals surface area contributed by atoms with Crippen molar-refractivity contribution in [3.05, 3.63) is 24.2 Å². The summed E-state index contributed by atoms with van der Waals surface area (Å²) < 4.78 is 10.5. The van der Waals surface area contributed by atoms with Gasteiger partial charge in [-0.15, -0.1) is 0 Å². The second kappa shape index (κ2) is 13.2. The number of hydrogen-bond acceptors (Lipinski definition) is 5. The molecule has 0 spiro atoms. The van der Waals surface area contributed by atoms with E-state index in [0.717, 1.165) is 63.6 Å². The van der Waals surface area contributed by atoms with E-state index in [-0.39, 0.29) is 5.91 Å². The molecule has 0 atom stereocenters. The number of nitrogens with zero attached hydrogens (tertiary/aromatic N) is 2. The molecule has 0 aromatic carbocycles. The van der Waals surface area contributed by atoms with Gasteiger partial charge in [0.1, 0.15) is 5.76 Å². The maximum absolute atomic E-state index is 11.9. The molecule has 2 rings (SSSR count). The minimum absolute atomic E-state index is 0.120. The van der Waals surface area contributed by atoms with Crippen molar-refractivity contribution in [1.29, 1.82) is 0 Å². The first-order valence-electron chi connectivity index (χ1n) is 10.3. The van der Waals surface area contributed by atoms with E-state index in [0.29, 0.717) is 25.7 Å². The third-order valence-electron chi connectivity index (χ3n) is 4.68. The summed E-state index contributed by atoms with van der Waals surface area (Å²) in [4.78, 5) is 18.7. The highest BCUT2D eigenvalue weighted by Gasteiger charge is 2.21. The van der Waals surface area contributed by atoms with Gasteiger partial charge in [0, 0.05) is 45.8 Å². The zero-order chi connectivity index (χ0) is 20.0. The zero-order valence-corrected chi connectivity index (χ0v) is 17.2. The van der Waals surface area contributed by atoms with Gasteiger partial charge in [-0.05, 0) is 31.4 Å². The molecule has 2 heterocycles. The lowest BCUT2D eigenvalue weighted by molar-refractivity contribution is -0.122. The Morgan fingerprint density at radius 1 is 1.32 bits per heavy atom. The van der Waals surface area contributed by atoms with Crippen LogP contribution in [0.3, 0.4) is 0 Å². The molecule has 1 saturated heterocycles. The van der Waals surface area contributed by atoms with Crippen LogP contribution < -0.4 is 16.0 Å². The van der Waals surface area contributed by atoms with Crippen molar-refractivity contribution in [2.45, 2.75) is 38.6 Å². The van der Waals surface area contributed by atoms with Crippen molar-refractivity contribution < 1.29 is 13.9 Å². The predicted molar refractivity (Wildman–Crippen MR) is 110 cm³/mol. The fraction of sp³-hybridized carbons (Fsp3) is 0.700. The molecule has 0 aliphatic carbocycles. The number of likely N-dealkylation sites (tertiary alicyclic amines) is 1. The number of carbonyl (C=O) groups excluding carboxylic acids is 1. The standard InChI is InChI=1S/C20H35N5O3/c1-3-9-21-19(26)16-25-12-7-17(8-13-25)24-20(23-11-15-27-2)22-10-6-18-5-4-14-28-18/h4-5,14,17H,3,6-13,15-16H2,1-2H3,(H,21,26)(H2,22,23,24). The molecule has 28 heavy (non-hydrogen) atoms. The highest BCUT2D eigenvalue weighted by molar-refractivity contribution is 5.80. The van der Waals surface area contributed by atoms with Crippen LogP contribution in [0.5, 0.6) is 0 Å². The average Bonchev–Trinajstić information content (AvgIpc) is 3.21. The van der Waals surface area contributed by atoms with Gasteiger partial charge in [-0.3, -0.25) is 14.7 Å². The van der Waals surface area contributed by atoms with Crippen LogP contribution in [0, 0.1) is 0 Å². The molecule has 3 N–H and O–H groups in total. The quantitative estimate of drug-likeness (QED) is 0.295. The van der Waals surface area contributed by atoms with Gasteiger partial charge in [-0.1, -0.05) is 6.92 Å². The Bertz CT molecular complexity index is 568. The Morgan fingerprint density at radius 3 is 2.82 bits per heavy atom. The van der Waals surface area contributed by atoms with Crippen LogP contribution in [-0.2, 0) is 16.0 Å². The molecule has 8 nitrogen and oxygen atoms in total.